The molecule has 2 aliphatic rings. The summed E-state index contributed by atoms with van der Waals surface area (Å²) in [5.74, 6) is -1.84. The van der Waals surface area contributed by atoms with Gasteiger partial charge in [-0.2, -0.15) is 0 Å². The van der Waals surface area contributed by atoms with E-state index in [1.165, 1.54) is 12.0 Å². The molecule has 4 rings (SSSR count). The van der Waals surface area contributed by atoms with Crippen molar-refractivity contribution in [2.24, 2.45) is 17.8 Å². The SMILES string of the molecule is CCN1C(=O)[C@H]2[C@@H](c3ccc(-c4ccccc4)c(OC)c3)N[C@@](CC(C)C)(C(=O)OC)[C@H]2C1=O. The molecule has 34 heavy (non-hydrogen) atoms. The third-order valence-corrected chi connectivity index (χ3v) is 7.01. The Bertz CT molecular complexity index is 1100. The molecular weight excluding hydrogens is 432 g/mol. The molecular formula is C27H32N2O5. The molecule has 0 radical (unpaired) electrons. The van der Waals surface area contributed by atoms with Crippen LogP contribution in [0.4, 0.5) is 0 Å². The van der Waals surface area contributed by atoms with Crippen LogP contribution >= 0.6 is 0 Å². The average Bonchev–Trinajstić information content (AvgIpc) is 3.31. The number of benzene rings is 2. The Kier molecular flexibility index (Phi) is 6.49. The van der Waals surface area contributed by atoms with Crippen molar-refractivity contribution in [2.75, 3.05) is 20.8 Å². The predicted molar refractivity (Wildman–Crippen MR) is 128 cm³/mol. The fourth-order valence-electron chi connectivity index (χ4n) is 5.70. The van der Waals surface area contributed by atoms with Gasteiger partial charge in [0.1, 0.15) is 11.3 Å². The van der Waals surface area contributed by atoms with Crippen LogP contribution in [0.15, 0.2) is 48.5 Å². The molecule has 2 aromatic rings. The largest absolute Gasteiger partial charge is 0.496 e. The molecule has 7 heteroatoms. The summed E-state index contributed by atoms with van der Waals surface area (Å²) in [6.07, 6.45) is 0.382. The number of hydrogen-bond donors (Lipinski definition) is 1. The van der Waals surface area contributed by atoms with Gasteiger partial charge in [0, 0.05) is 18.2 Å². The van der Waals surface area contributed by atoms with E-state index in [0.29, 0.717) is 12.2 Å². The van der Waals surface area contributed by atoms with Crippen LogP contribution in [0.2, 0.25) is 0 Å². The zero-order chi connectivity index (χ0) is 24.6. The number of likely N-dealkylation sites (tertiary alicyclic amines) is 1. The van der Waals surface area contributed by atoms with Gasteiger partial charge >= 0.3 is 5.97 Å². The first kappa shape index (κ1) is 24.0. The lowest BCUT2D eigenvalue weighted by atomic mass is 9.75. The van der Waals surface area contributed by atoms with Crippen molar-refractivity contribution in [3.05, 3.63) is 54.1 Å². The lowest BCUT2D eigenvalue weighted by Crippen LogP contribution is -2.57. The molecule has 2 saturated heterocycles. The second-order valence-corrected chi connectivity index (χ2v) is 9.43. The Balaban J connectivity index is 1.84. The van der Waals surface area contributed by atoms with Crippen molar-refractivity contribution in [1.29, 1.82) is 0 Å². The summed E-state index contributed by atoms with van der Waals surface area (Å²) >= 11 is 0. The van der Waals surface area contributed by atoms with E-state index in [-0.39, 0.29) is 24.3 Å². The van der Waals surface area contributed by atoms with Crippen LogP contribution in [0.3, 0.4) is 0 Å². The molecule has 180 valence electrons. The smallest absolute Gasteiger partial charge is 0.326 e. The Hall–Kier alpha value is -3.19. The number of rotatable bonds is 7. The van der Waals surface area contributed by atoms with Gasteiger partial charge in [-0.25, -0.2) is 0 Å². The van der Waals surface area contributed by atoms with E-state index in [4.69, 9.17) is 9.47 Å². The number of nitrogens with one attached hydrogen (secondary N) is 1. The molecule has 0 aliphatic carbocycles. The summed E-state index contributed by atoms with van der Waals surface area (Å²) < 4.78 is 10.9. The van der Waals surface area contributed by atoms with Crippen LogP contribution in [0, 0.1) is 17.8 Å². The van der Waals surface area contributed by atoms with Crippen molar-refractivity contribution in [2.45, 2.75) is 38.8 Å². The van der Waals surface area contributed by atoms with Crippen LogP contribution in [0.1, 0.15) is 38.8 Å². The molecule has 2 fully saturated rings. The summed E-state index contributed by atoms with van der Waals surface area (Å²) in [4.78, 5) is 41.3. The van der Waals surface area contributed by atoms with Gasteiger partial charge in [0.15, 0.2) is 0 Å². The van der Waals surface area contributed by atoms with E-state index >= 15 is 0 Å². The van der Waals surface area contributed by atoms with Crippen LogP contribution in [0.25, 0.3) is 11.1 Å². The molecule has 1 N–H and O–H groups in total. The highest BCUT2D eigenvalue weighted by molar-refractivity contribution is 6.09. The number of imide groups is 1. The number of hydrogen-bond acceptors (Lipinski definition) is 6. The lowest BCUT2D eigenvalue weighted by Gasteiger charge is -2.33. The maximum Gasteiger partial charge on any atom is 0.326 e. The van der Waals surface area contributed by atoms with Crippen molar-refractivity contribution in [3.63, 3.8) is 0 Å². The van der Waals surface area contributed by atoms with Crippen LogP contribution in [-0.2, 0) is 19.1 Å². The summed E-state index contributed by atoms with van der Waals surface area (Å²) in [6, 6.07) is 15.1. The molecule has 0 unspecified atom stereocenters. The first-order valence-corrected chi connectivity index (χ1v) is 11.7. The Morgan fingerprint density at radius 2 is 1.79 bits per heavy atom. The van der Waals surface area contributed by atoms with E-state index < -0.39 is 29.4 Å². The van der Waals surface area contributed by atoms with Gasteiger partial charge in [0.2, 0.25) is 11.8 Å². The quantitative estimate of drug-likeness (QED) is 0.498. The minimum atomic E-state index is -1.28. The highest BCUT2D eigenvalue weighted by atomic mass is 16.5. The predicted octanol–water partition coefficient (Wildman–Crippen LogP) is 3.59. The van der Waals surface area contributed by atoms with Crippen molar-refractivity contribution < 1.29 is 23.9 Å². The maximum atomic E-state index is 13.4. The number of methoxy groups -OCH3 is 2. The van der Waals surface area contributed by atoms with E-state index in [9.17, 15) is 14.4 Å². The van der Waals surface area contributed by atoms with E-state index in [1.807, 2.05) is 62.4 Å². The molecule has 0 saturated carbocycles. The molecule has 2 aliphatic heterocycles. The minimum absolute atomic E-state index is 0.0968. The zero-order valence-electron chi connectivity index (χ0n) is 20.3. The van der Waals surface area contributed by atoms with Crippen LogP contribution < -0.4 is 10.1 Å². The number of nitrogens with zero attached hydrogens (tertiary/aromatic N) is 1. The van der Waals surface area contributed by atoms with Gasteiger partial charge in [-0.15, -0.1) is 0 Å². The summed E-state index contributed by atoms with van der Waals surface area (Å²) in [5.41, 5.74) is 1.45. The fourth-order valence-corrected chi connectivity index (χ4v) is 5.70. The Labute approximate surface area is 200 Å². The van der Waals surface area contributed by atoms with Crippen molar-refractivity contribution in [1.82, 2.24) is 10.2 Å². The monoisotopic (exact) mass is 464 g/mol. The van der Waals surface area contributed by atoms with E-state index in [1.54, 1.807) is 14.0 Å². The van der Waals surface area contributed by atoms with Gasteiger partial charge in [0.05, 0.1) is 26.1 Å². The number of amides is 2. The Morgan fingerprint density at radius 3 is 2.38 bits per heavy atom. The zero-order valence-corrected chi connectivity index (χ0v) is 20.3. The topological polar surface area (TPSA) is 84.9 Å². The third-order valence-electron chi connectivity index (χ3n) is 7.01. The van der Waals surface area contributed by atoms with E-state index in [0.717, 1.165) is 16.7 Å². The molecule has 2 heterocycles. The minimum Gasteiger partial charge on any atom is -0.496 e. The van der Waals surface area contributed by atoms with Crippen molar-refractivity contribution >= 4 is 17.8 Å². The summed E-state index contributed by atoms with van der Waals surface area (Å²) in [5, 5.41) is 3.42. The highest BCUT2D eigenvalue weighted by Crippen LogP contribution is 2.51. The second kappa shape index (κ2) is 9.22. The number of ether oxygens (including phenoxy) is 2. The Morgan fingerprint density at radius 1 is 1.09 bits per heavy atom. The molecule has 2 amide bonds. The van der Waals surface area contributed by atoms with Gasteiger partial charge in [0.25, 0.3) is 0 Å². The van der Waals surface area contributed by atoms with Crippen LogP contribution in [0.5, 0.6) is 5.75 Å². The first-order chi connectivity index (χ1) is 16.3. The van der Waals surface area contributed by atoms with E-state index in [2.05, 4.69) is 5.32 Å². The number of carbonyl (C=O) groups is 3. The van der Waals surface area contributed by atoms with Gasteiger partial charge in [-0.05, 0) is 36.5 Å². The summed E-state index contributed by atoms with van der Waals surface area (Å²) in [6.45, 7) is 6.03. The molecule has 2 aromatic carbocycles. The lowest BCUT2D eigenvalue weighted by molar-refractivity contribution is -0.155. The highest BCUT2D eigenvalue weighted by Gasteiger charge is 2.68. The molecule has 7 nitrogen and oxygen atoms in total. The number of esters is 1. The normalized spacial score (nSPS) is 26.2. The second-order valence-electron chi connectivity index (χ2n) is 9.43. The molecule has 0 spiro atoms. The summed E-state index contributed by atoms with van der Waals surface area (Å²) in [7, 11) is 2.93. The van der Waals surface area contributed by atoms with Gasteiger partial charge in [-0.1, -0.05) is 56.3 Å². The third kappa shape index (κ3) is 3.68. The standard InChI is InChI=1S/C27H32N2O5/c1-6-29-24(30)21-22(25(29)31)27(15-16(2)3,26(32)34-5)28-23(21)18-12-13-19(20(14-18)33-4)17-10-8-7-9-11-17/h7-14,16,21-23,28H,6,15H2,1-5H3/t21-,22-,23-,27-/m1/s1. The first-order valence-electron chi connectivity index (χ1n) is 11.7. The fraction of sp³-hybridized carbons (Fsp3) is 0.444. The molecule has 0 bridgehead atoms. The number of fused-ring (bicyclic) bond motifs is 1. The molecule has 0 aromatic heterocycles. The average molecular weight is 465 g/mol. The van der Waals surface area contributed by atoms with Gasteiger partial charge in [-0.3, -0.25) is 24.6 Å². The van der Waals surface area contributed by atoms with Gasteiger partial charge < -0.3 is 9.47 Å². The maximum absolute atomic E-state index is 13.4. The van der Waals surface area contributed by atoms with Crippen LogP contribution in [-0.4, -0.2) is 49.0 Å². The number of carbonyl (C=O) groups excluding carboxylic acids is 3. The molecule has 4 atom stereocenters. The van der Waals surface area contributed by atoms with Crippen molar-refractivity contribution in [3.8, 4) is 16.9 Å².